The fraction of sp³-hybridized carbons (Fsp3) is 0.429. The number of carbonyl (C=O) groups excluding carboxylic acids is 1. The number of aromatic nitrogens is 4. The van der Waals surface area contributed by atoms with Gasteiger partial charge in [0.25, 0.3) is 0 Å². The van der Waals surface area contributed by atoms with Crippen molar-refractivity contribution in [2.24, 2.45) is 12.8 Å². The van der Waals surface area contributed by atoms with E-state index in [1.165, 1.54) is 11.8 Å². The Kier molecular flexibility index (Phi) is 8.35. The molecule has 0 unspecified atom stereocenters. The number of hydrogen-bond acceptors (Lipinski definition) is 9. The lowest BCUT2D eigenvalue weighted by Crippen LogP contribution is -2.37. The van der Waals surface area contributed by atoms with Crippen LogP contribution in [0.15, 0.2) is 28.3 Å². The van der Waals surface area contributed by atoms with Crippen molar-refractivity contribution in [2.75, 3.05) is 50.2 Å². The normalized spacial score (nSPS) is 13.6. The largest absolute Gasteiger partial charge is 0.495 e. The Morgan fingerprint density at radius 1 is 1.27 bits per heavy atom. The number of aryl methyl sites for hydroxylation is 2. The van der Waals surface area contributed by atoms with E-state index in [1.54, 1.807) is 13.2 Å². The Labute approximate surface area is 202 Å². The van der Waals surface area contributed by atoms with Crippen molar-refractivity contribution in [3.05, 3.63) is 24.0 Å². The number of morpholine rings is 1. The second-order valence-corrected chi connectivity index (χ2v) is 8.30. The molecule has 0 radical (unpaired) electrons. The summed E-state index contributed by atoms with van der Waals surface area (Å²) in [6.45, 7) is 4.79. The second-order valence-electron chi connectivity index (χ2n) is 7.26. The van der Waals surface area contributed by atoms with Crippen LogP contribution in [0.2, 0.25) is 0 Å². The van der Waals surface area contributed by atoms with Crippen LogP contribution >= 0.6 is 24.2 Å². The van der Waals surface area contributed by atoms with E-state index in [-0.39, 0.29) is 24.9 Å². The van der Waals surface area contributed by atoms with Crippen LogP contribution < -0.4 is 20.7 Å². The van der Waals surface area contributed by atoms with Gasteiger partial charge in [-0.1, -0.05) is 6.92 Å². The lowest BCUT2D eigenvalue weighted by molar-refractivity contribution is -0.114. The molecule has 1 saturated heterocycles. The number of ether oxygens (including phenoxy) is 2. The van der Waals surface area contributed by atoms with Gasteiger partial charge in [0.1, 0.15) is 11.6 Å². The summed E-state index contributed by atoms with van der Waals surface area (Å²) >= 11 is 1.41. The summed E-state index contributed by atoms with van der Waals surface area (Å²) in [5, 5.41) is 3.37. The topological polar surface area (TPSA) is 120 Å². The molecule has 1 fully saturated rings. The summed E-state index contributed by atoms with van der Waals surface area (Å²) in [7, 11) is 3.53. The molecule has 178 valence electrons. The molecule has 1 amide bonds. The molecule has 0 bridgehead atoms. The van der Waals surface area contributed by atoms with Crippen LogP contribution in [0.3, 0.4) is 0 Å². The van der Waals surface area contributed by atoms with Gasteiger partial charge in [0.15, 0.2) is 22.1 Å². The summed E-state index contributed by atoms with van der Waals surface area (Å²) in [4.78, 5) is 29.3. The van der Waals surface area contributed by atoms with Crippen LogP contribution in [-0.2, 0) is 23.0 Å². The van der Waals surface area contributed by atoms with Crippen molar-refractivity contribution >= 4 is 52.7 Å². The van der Waals surface area contributed by atoms with Gasteiger partial charge in [-0.3, -0.25) is 4.79 Å². The van der Waals surface area contributed by atoms with E-state index in [2.05, 4.69) is 17.1 Å². The van der Waals surface area contributed by atoms with Crippen LogP contribution in [0.1, 0.15) is 12.7 Å². The van der Waals surface area contributed by atoms with E-state index in [0.717, 1.165) is 47.2 Å². The van der Waals surface area contributed by atoms with Gasteiger partial charge in [0, 0.05) is 31.5 Å². The van der Waals surface area contributed by atoms with E-state index in [0.29, 0.717) is 29.8 Å². The first kappa shape index (κ1) is 25.0. The van der Waals surface area contributed by atoms with Crippen LogP contribution in [0.25, 0.3) is 11.2 Å². The molecule has 1 aromatic carbocycles. The molecule has 2 aromatic heterocycles. The quantitative estimate of drug-likeness (QED) is 0.477. The summed E-state index contributed by atoms with van der Waals surface area (Å²) in [5.41, 5.74) is 7.60. The van der Waals surface area contributed by atoms with Gasteiger partial charge in [-0.25, -0.2) is 15.0 Å². The van der Waals surface area contributed by atoms with Gasteiger partial charge in [-0.2, -0.15) is 0 Å². The summed E-state index contributed by atoms with van der Waals surface area (Å²) in [6, 6.07) is 5.54. The Morgan fingerprint density at radius 2 is 2.03 bits per heavy atom. The average Bonchev–Trinajstić information content (AvgIpc) is 3.15. The van der Waals surface area contributed by atoms with Crippen LogP contribution in [0.5, 0.6) is 5.75 Å². The second kappa shape index (κ2) is 11.0. The fourth-order valence-electron chi connectivity index (χ4n) is 3.58. The molecule has 1 aliphatic rings. The summed E-state index contributed by atoms with van der Waals surface area (Å²) in [5.74, 6) is 2.05. The molecule has 3 heterocycles. The van der Waals surface area contributed by atoms with Crippen molar-refractivity contribution in [2.45, 2.75) is 23.4 Å². The highest BCUT2D eigenvalue weighted by atomic mass is 35.5. The van der Waals surface area contributed by atoms with Gasteiger partial charge >= 0.3 is 0 Å². The molecule has 1 aliphatic heterocycles. The highest BCUT2D eigenvalue weighted by Crippen LogP contribution is 2.35. The monoisotopic (exact) mass is 493 g/mol. The van der Waals surface area contributed by atoms with E-state index in [1.807, 2.05) is 23.7 Å². The maximum Gasteiger partial charge on any atom is 0.238 e. The molecule has 4 rings (SSSR count). The predicted molar refractivity (Wildman–Crippen MR) is 131 cm³/mol. The van der Waals surface area contributed by atoms with Gasteiger partial charge < -0.3 is 30.0 Å². The van der Waals surface area contributed by atoms with Crippen molar-refractivity contribution in [3.8, 4) is 5.75 Å². The zero-order valence-electron chi connectivity index (χ0n) is 18.8. The Hall–Kier alpha value is -2.60. The molecule has 10 nitrogen and oxygen atoms in total. The highest BCUT2D eigenvalue weighted by Gasteiger charge is 2.22. The summed E-state index contributed by atoms with van der Waals surface area (Å²) < 4.78 is 12.9. The molecule has 0 saturated carbocycles. The van der Waals surface area contributed by atoms with Gasteiger partial charge in [0.05, 0.1) is 32.6 Å². The zero-order valence-corrected chi connectivity index (χ0v) is 20.5. The minimum atomic E-state index is -0.292. The number of hydrogen-bond donors (Lipinski definition) is 2. The Bertz CT molecular complexity index is 1130. The lowest BCUT2D eigenvalue weighted by Gasteiger charge is -2.28. The maximum absolute atomic E-state index is 11.8. The predicted octanol–water partition coefficient (Wildman–Crippen LogP) is 2.24. The first-order valence-electron chi connectivity index (χ1n) is 10.5. The third-order valence-electron chi connectivity index (χ3n) is 5.24. The molecule has 33 heavy (non-hydrogen) atoms. The van der Waals surface area contributed by atoms with Crippen LogP contribution in [0, 0.1) is 0 Å². The number of nitrogens with zero attached hydrogens (tertiary/aromatic N) is 5. The number of benzene rings is 1. The highest BCUT2D eigenvalue weighted by molar-refractivity contribution is 7.99. The third kappa shape index (κ3) is 5.32. The number of carbonyl (C=O) groups is 1. The first-order chi connectivity index (χ1) is 15.5. The molecular formula is C21H28ClN7O3S. The molecule has 3 aromatic rings. The van der Waals surface area contributed by atoms with Crippen molar-refractivity contribution in [1.29, 1.82) is 0 Å². The zero-order chi connectivity index (χ0) is 22.7. The Morgan fingerprint density at radius 3 is 2.70 bits per heavy atom. The number of nitrogens with one attached hydrogen (secondary N) is 1. The maximum atomic E-state index is 11.8. The molecular weight excluding hydrogens is 466 g/mol. The Balaban J connectivity index is 0.00000306. The average molecular weight is 494 g/mol. The minimum Gasteiger partial charge on any atom is -0.495 e. The van der Waals surface area contributed by atoms with E-state index < -0.39 is 0 Å². The SMILES string of the molecule is CCc1nc2c(N3CCOCC3)nc(Sc3ccc(OC)c(NC(=O)CN)c3)nc2n1C.Cl. The molecule has 0 aliphatic carbocycles. The van der Waals surface area contributed by atoms with Crippen molar-refractivity contribution in [1.82, 2.24) is 19.5 Å². The molecule has 0 spiro atoms. The van der Waals surface area contributed by atoms with Crippen LogP contribution in [0.4, 0.5) is 11.5 Å². The molecule has 12 heteroatoms. The van der Waals surface area contributed by atoms with Gasteiger partial charge in [-0.15, -0.1) is 12.4 Å². The fourth-order valence-corrected chi connectivity index (χ4v) is 4.37. The molecule has 3 N–H and O–H groups in total. The number of rotatable bonds is 7. The number of fused-ring (bicyclic) bond motifs is 1. The lowest BCUT2D eigenvalue weighted by atomic mass is 10.3. The van der Waals surface area contributed by atoms with E-state index in [9.17, 15) is 4.79 Å². The van der Waals surface area contributed by atoms with Gasteiger partial charge in [0.2, 0.25) is 5.91 Å². The van der Waals surface area contributed by atoms with E-state index >= 15 is 0 Å². The van der Waals surface area contributed by atoms with Gasteiger partial charge in [-0.05, 0) is 30.0 Å². The van der Waals surface area contributed by atoms with Crippen LogP contribution in [-0.4, -0.2) is 65.4 Å². The number of methoxy groups -OCH3 is 1. The first-order valence-corrected chi connectivity index (χ1v) is 11.3. The minimum absolute atomic E-state index is 0. The van der Waals surface area contributed by atoms with Crippen molar-refractivity contribution < 1.29 is 14.3 Å². The number of halogens is 1. The van der Waals surface area contributed by atoms with Crippen molar-refractivity contribution in [3.63, 3.8) is 0 Å². The van der Waals surface area contributed by atoms with E-state index in [4.69, 9.17) is 30.2 Å². The molecule has 0 atom stereocenters. The smallest absolute Gasteiger partial charge is 0.238 e. The third-order valence-corrected chi connectivity index (χ3v) is 6.09. The summed E-state index contributed by atoms with van der Waals surface area (Å²) in [6.07, 6.45) is 0.806. The number of anilines is 2. The number of amides is 1. The number of nitrogens with two attached hydrogens (primary N) is 1. The number of imidazole rings is 1. The standard InChI is InChI=1S/C21H27N7O3S.ClH/c1-4-16-24-18-19(27(16)2)25-21(26-20(18)28-7-9-31-10-8-28)32-13-5-6-15(30-3)14(11-13)23-17(29)12-22;/h5-6,11H,4,7-10,12,22H2,1-3H3,(H,23,29);1H.